The fraction of sp³-hybridized carbons (Fsp3) is 0.750. The van der Waals surface area contributed by atoms with E-state index in [1.807, 2.05) is 0 Å². The molecule has 22 heavy (non-hydrogen) atoms. The van der Waals surface area contributed by atoms with Crippen LogP contribution in [0.15, 0.2) is 24.8 Å². The largest absolute Gasteiger partial charge is 0.352 e. The van der Waals surface area contributed by atoms with Crippen molar-refractivity contribution in [2.45, 2.75) is 52.9 Å². The van der Waals surface area contributed by atoms with E-state index >= 15 is 0 Å². The zero-order chi connectivity index (χ0) is 16.0. The number of hydrogen-bond acceptors (Lipinski definition) is 1. The van der Waals surface area contributed by atoms with Gasteiger partial charge in [0.1, 0.15) is 0 Å². The van der Waals surface area contributed by atoms with Crippen molar-refractivity contribution in [1.29, 1.82) is 0 Å². The van der Waals surface area contributed by atoms with Crippen molar-refractivity contribution in [2.75, 3.05) is 6.54 Å². The SMILES string of the molecule is C=CCC1CCC2C3CNC(=O)/C=C\C(C)(C)C3CCC12C. The molecule has 2 saturated carbocycles. The van der Waals surface area contributed by atoms with Crippen LogP contribution in [0.4, 0.5) is 0 Å². The number of fused-ring (bicyclic) bond motifs is 3. The van der Waals surface area contributed by atoms with E-state index < -0.39 is 0 Å². The highest BCUT2D eigenvalue weighted by Crippen LogP contribution is 2.62. The van der Waals surface area contributed by atoms with E-state index in [2.05, 4.69) is 44.8 Å². The average molecular weight is 301 g/mol. The molecule has 0 aromatic carbocycles. The summed E-state index contributed by atoms with van der Waals surface area (Å²) in [5.74, 6) is 2.93. The lowest BCUT2D eigenvalue weighted by Crippen LogP contribution is -2.50. The summed E-state index contributed by atoms with van der Waals surface area (Å²) in [5.41, 5.74) is 0.569. The van der Waals surface area contributed by atoms with Crippen molar-refractivity contribution in [3.63, 3.8) is 0 Å². The number of hydrogen-bond donors (Lipinski definition) is 1. The van der Waals surface area contributed by atoms with Crippen molar-refractivity contribution < 1.29 is 4.79 Å². The van der Waals surface area contributed by atoms with Gasteiger partial charge < -0.3 is 5.32 Å². The highest BCUT2D eigenvalue weighted by Gasteiger charge is 2.55. The summed E-state index contributed by atoms with van der Waals surface area (Å²) in [4.78, 5) is 11.9. The van der Waals surface area contributed by atoms with Crippen LogP contribution in [0.25, 0.3) is 0 Å². The fourth-order valence-electron chi connectivity index (χ4n) is 5.88. The van der Waals surface area contributed by atoms with E-state index in [1.165, 1.54) is 25.7 Å². The highest BCUT2D eigenvalue weighted by molar-refractivity contribution is 5.87. The monoisotopic (exact) mass is 301 g/mol. The van der Waals surface area contributed by atoms with Crippen LogP contribution in [-0.2, 0) is 4.79 Å². The maximum atomic E-state index is 11.9. The Morgan fingerprint density at radius 1 is 1.27 bits per heavy atom. The maximum absolute atomic E-state index is 11.9. The predicted octanol–water partition coefficient (Wildman–Crippen LogP) is 4.33. The summed E-state index contributed by atoms with van der Waals surface area (Å²) in [6, 6.07) is 0. The van der Waals surface area contributed by atoms with Gasteiger partial charge in [-0.05, 0) is 72.7 Å². The van der Waals surface area contributed by atoms with Gasteiger partial charge >= 0.3 is 0 Å². The smallest absolute Gasteiger partial charge is 0.243 e. The van der Waals surface area contributed by atoms with Gasteiger partial charge in [-0.3, -0.25) is 4.79 Å². The Labute approximate surface area is 135 Å². The van der Waals surface area contributed by atoms with Gasteiger partial charge in [0.15, 0.2) is 0 Å². The number of amides is 1. The maximum Gasteiger partial charge on any atom is 0.243 e. The second-order valence-corrected chi connectivity index (χ2v) is 8.62. The van der Waals surface area contributed by atoms with Crippen LogP contribution in [0.5, 0.6) is 0 Å². The molecule has 0 bridgehead atoms. The molecule has 2 fully saturated rings. The summed E-state index contributed by atoms with van der Waals surface area (Å²) in [5, 5.41) is 3.15. The van der Waals surface area contributed by atoms with E-state index in [1.54, 1.807) is 6.08 Å². The molecule has 1 heterocycles. The summed E-state index contributed by atoms with van der Waals surface area (Å²) in [6.07, 6.45) is 12.4. The fourth-order valence-corrected chi connectivity index (χ4v) is 5.88. The Kier molecular flexibility index (Phi) is 3.99. The molecule has 2 heteroatoms. The first-order valence-electron chi connectivity index (χ1n) is 8.96. The molecule has 5 atom stereocenters. The molecule has 2 aliphatic carbocycles. The molecule has 0 radical (unpaired) electrons. The van der Waals surface area contributed by atoms with Gasteiger partial charge in [-0.25, -0.2) is 0 Å². The minimum atomic E-state index is 0.0828. The zero-order valence-corrected chi connectivity index (χ0v) is 14.4. The molecule has 5 unspecified atom stereocenters. The second-order valence-electron chi connectivity index (χ2n) is 8.62. The van der Waals surface area contributed by atoms with Crippen LogP contribution in [0.1, 0.15) is 52.9 Å². The van der Waals surface area contributed by atoms with Crippen LogP contribution in [-0.4, -0.2) is 12.5 Å². The number of rotatable bonds is 2. The first kappa shape index (κ1) is 15.8. The van der Waals surface area contributed by atoms with Gasteiger partial charge in [0.05, 0.1) is 0 Å². The Bertz CT molecular complexity index is 492. The van der Waals surface area contributed by atoms with E-state index in [9.17, 15) is 4.79 Å². The van der Waals surface area contributed by atoms with Gasteiger partial charge in [0, 0.05) is 6.54 Å². The Morgan fingerprint density at radius 2 is 2.05 bits per heavy atom. The van der Waals surface area contributed by atoms with Gasteiger partial charge in [-0.1, -0.05) is 32.9 Å². The molecular formula is C20H31NO. The lowest BCUT2D eigenvalue weighted by atomic mass is 9.53. The number of nitrogens with one attached hydrogen (secondary N) is 1. The Morgan fingerprint density at radius 3 is 2.77 bits per heavy atom. The topological polar surface area (TPSA) is 29.1 Å². The van der Waals surface area contributed by atoms with Crippen LogP contribution < -0.4 is 5.32 Å². The second kappa shape index (κ2) is 5.54. The first-order chi connectivity index (χ1) is 10.4. The third-order valence-electron chi connectivity index (χ3n) is 7.22. The van der Waals surface area contributed by atoms with Crippen molar-refractivity contribution in [3.8, 4) is 0 Å². The van der Waals surface area contributed by atoms with Crippen LogP contribution in [0.3, 0.4) is 0 Å². The summed E-state index contributed by atoms with van der Waals surface area (Å²) in [6.45, 7) is 12.0. The quantitative estimate of drug-likeness (QED) is 0.756. The molecule has 2 nitrogen and oxygen atoms in total. The number of carbonyl (C=O) groups excluding carboxylic acids is 1. The summed E-state index contributed by atoms with van der Waals surface area (Å²) in [7, 11) is 0. The summed E-state index contributed by atoms with van der Waals surface area (Å²) >= 11 is 0. The first-order valence-corrected chi connectivity index (χ1v) is 8.96. The van der Waals surface area contributed by atoms with E-state index in [0.717, 1.165) is 24.8 Å². The lowest BCUT2D eigenvalue weighted by molar-refractivity contribution is -0.118. The summed E-state index contributed by atoms with van der Waals surface area (Å²) < 4.78 is 0. The van der Waals surface area contributed by atoms with Crippen LogP contribution in [0, 0.1) is 34.5 Å². The van der Waals surface area contributed by atoms with Crippen LogP contribution >= 0.6 is 0 Å². The van der Waals surface area contributed by atoms with E-state index in [-0.39, 0.29) is 11.3 Å². The molecular weight excluding hydrogens is 270 g/mol. The van der Waals surface area contributed by atoms with Gasteiger partial charge in [-0.2, -0.15) is 0 Å². The molecule has 0 spiro atoms. The van der Waals surface area contributed by atoms with E-state index in [0.29, 0.717) is 17.3 Å². The molecule has 0 saturated heterocycles. The predicted molar refractivity (Wildman–Crippen MR) is 91.3 cm³/mol. The highest BCUT2D eigenvalue weighted by atomic mass is 16.1. The number of carbonyl (C=O) groups is 1. The van der Waals surface area contributed by atoms with Gasteiger partial charge in [0.25, 0.3) is 0 Å². The standard InChI is InChI=1S/C20H31NO/c1-5-6-14-7-8-17-15-13-21-18(22)10-11-19(2,3)16(15)9-12-20(14,17)4/h5,10-11,14-17H,1,6-9,12-13H2,2-4H3,(H,21,22)/b11-10-. The minimum absolute atomic E-state index is 0.0828. The molecule has 3 aliphatic rings. The third kappa shape index (κ3) is 2.45. The third-order valence-corrected chi connectivity index (χ3v) is 7.22. The Balaban J connectivity index is 1.91. The van der Waals surface area contributed by atoms with Crippen LogP contribution in [0.2, 0.25) is 0 Å². The Hall–Kier alpha value is -1.05. The van der Waals surface area contributed by atoms with E-state index in [4.69, 9.17) is 0 Å². The van der Waals surface area contributed by atoms with Crippen molar-refractivity contribution in [3.05, 3.63) is 24.8 Å². The normalized spacial score (nSPS) is 45.0. The molecule has 1 aliphatic heterocycles. The molecule has 122 valence electrons. The molecule has 1 N–H and O–H groups in total. The molecule has 1 amide bonds. The van der Waals surface area contributed by atoms with Gasteiger partial charge in [0.2, 0.25) is 5.91 Å². The average Bonchev–Trinajstić information content (AvgIpc) is 2.79. The zero-order valence-electron chi connectivity index (χ0n) is 14.4. The number of allylic oxidation sites excluding steroid dienone is 2. The molecule has 0 aromatic heterocycles. The van der Waals surface area contributed by atoms with Crippen molar-refractivity contribution in [2.24, 2.45) is 34.5 Å². The van der Waals surface area contributed by atoms with Gasteiger partial charge in [-0.15, -0.1) is 6.58 Å². The molecule has 0 aromatic rings. The molecule has 3 rings (SSSR count). The van der Waals surface area contributed by atoms with Crippen molar-refractivity contribution in [1.82, 2.24) is 5.32 Å². The lowest BCUT2D eigenvalue weighted by Gasteiger charge is -2.53. The van der Waals surface area contributed by atoms with Crippen molar-refractivity contribution >= 4 is 5.91 Å². The minimum Gasteiger partial charge on any atom is -0.352 e.